The zero-order valence-corrected chi connectivity index (χ0v) is 16.2. The number of anilines is 2. The number of hydrogen-bond donors (Lipinski definition) is 5. The Kier molecular flexibility index (Phi) is 5.25. The zero-order valence-electron chi connectivity index (χ0n) is 16.2. The van der Waals surface area contributed by atoms with Crippen molar-refractivity contribution in [3.8, 4) is 0 Å². The summed E-state index contributed by atoms with van der Waals surface area (Å²) in [7, 11) is 0. The maximum Gasteiger partial charge on any atom is 0.273 e. The lowest BCUT2D eigenvalue weighted by atomic mass is 10.2. The van der Waals surface area contributed by atoms with E-state index in [9.17, 15) is 4.79 Å². The maximum atomic E-state index is 12.1. The molecule has 0 spiro atoms. The maximum absolute atomic E-state index is 12.1. The molecule has 0 aliphatic carbocycles. The standard InChI is InChI=1S/C21H20N8O/c1-13(7-20(22)27-17-5-6-18-14(8-17)10-25-29-18)26-15-3-2-4-16(9-15)28-21(30)19-11-23-12-24-19/h2-12,26H,1H3,(H2,22,27)(H,23,24)(H,25,29)(H,28,30)/b13-7-. The molecule has 9 nitrogen and oxygen atoms in total. The fourth-order valence-electron chi connectivity index (χ4n) is 2.92. The first-order valence-corrected chi connectivity index (χ1v) is 9.19. The first kappa shape index (κ1) is 18.9. The van der Waals surface area contributed by atoms with Gasteiger partial charge in [0.25, 0.3) is 5.91 Å². The molecule has 9 heteroatoms. The van der Waals surface area contributed by atoms with E-state index < -0.39 is 0 Å². The van der Waals surface area contributed by atoms with Gasteiger partial charge in [-0.2, -0.15) is 5.10 Å². The Bertz CT molecular complexity index is 1240. The summed E-state index contributed by atoms with van der Waals surface area (Å²) in [4.78, 5) is 23.2. The van der Waals surface area contributed by atoms with Crippen LogP contribution in [0.3, 0.4) is 0 Å². The van der Waals surface area contributed by atoms with E-state index in [2.05, 4.69) is 35.8 Å². The minimum Gasteiger partial charge on any atom is -0.384 e. The van der Waals surface area contributed by atoms with Crippen molar-refractivity contribution >= 4 is 39.7 Å². The first-order chi connectivity index (χ1) is 14.6. The molecule has 30 heavy (non-hydrogen) atoms. The van der Waals surface area contributed by atoms with E-state index in [4.69, 9.17) is 5.73 Å². The molecule has 0 saturated carbocycles. The Labute approximate surface area is 172 Å². The third-order valence-corrected chi connectivity index (χ3v) is 4.25. The number of H-pyrrole nitrogens is 2. The summed E-state index contributed by atoms with van der Waals surface area (Å²) in [5.41, 5.74) is 10.4. The Morgan fingerprint density at radius 2 is 1.97 bits per heavy atom. The number of fused-ring (bicyclic) bond motifs is 1. The van der Waals surface area contributed by atoms with Gasteiger partial charge >= 0.3 is 0 Å². The number of imidazole rings is 1. The summed E-state index contributed by atoms with van der Waals surface area (Å²) in [5.74, 6) is 0.106. The normalized spacial score (nSPS) is 12.2. The number of allylic oxidation sites excluding steroid dienone is 1. The summed E-state index contributed by atoms with van der Waals surface area (Å²) in [6, 6.07) is 13.1. The van der Waals surface area contributed by atoms with Crippen LogP contribution >= 0.6 is 0 Å². The number of aromatic nitrogens is 4. The van der Waals surface area contributed by atoms with Crippen LogP contribution in [0, 0.1) is 0 Å². The molecule has 150 valence electrons. The van der Waals surface area contributed by atoms with E-state index in [0.29, 0.717) is 17.2 Å². The zero-order chi connectivity index (χ0) is 20.9. The molecule has 0 aliphatic heterocycles. The molecular formula is C21H20N8O. The smallest absolute Gasteiger partial charge is 0.273 e. The molecule has 2 aromatic heterocycles. The van der Waals surface area contributed by atoms with Gasteiger partial charge < -0.3 is 21.4 Å². The SMILES string of the molecule is C/C(=C/C(N)=Nc1ccc2[nH]ncc2c1)Nc1cccc(NC(=O)c2cnc[nH]2)c1. The number of carbonyl (C=O) groups excluding carboxylic acids is 1. The molecular weight excluding hydrogens is 380 g/mol. The lowest BCUT2D eigenvalue weighted by Crippen LogP contribution is -2.12. The van der Waals surface area contributed by atoms with Crippen molar-refractivity contribution in [3.05, 3.63) is 78.7 Å². The van der Waals surface area contributed by atoms with Crippen LogP contribution in [0.5, 0.6) is 0 Å². The van der Waals surface area contributed by atoms with Crippen molar-refractivity contribution in [1.29, 1.82) is 0 Å². The topological polar surface area (TPSA) is 137 Å². The highest BCUT2D eigenvalue weighted by Crippen LogP contribution is 2.20. The predicted octanol–water partition coefficient (Wildman–Crippen LogP) is 3.54. The molecule has 0 unspecified atom stereocenters. The van der Waals surface area contributed by atoms with Gasteiger partial charge in [0.15, 0.2) is 0 Å². The second kappa shape index (κ2) is 8.31. The summed E-state index contributed by atoms with van der Waals surface area (Å²) in [6.07, 6.45) is 6.41. The number of benzene rings is 2. The molecule has 0 radical (unpaired) electrons. The highest BCUT2D eigenvalue weighted by molar-refractivity contribution is 6.03. The number of amides is 1. The van der Waals surface area contributed by atoms with E-state index in [1.165, 1.54) is 12.5 Å². The number of nitrogens with zero attached hydrogens (tertiary/aromatic N) is 3. The van der Waals surface area contributed by atoms with Gasteiger partial charge in [0.05, 0.1) is 29.9 Å². The molecule has 1 amide bonds. The molecule has 4 rings (SSSR count). The van der Waals surface area contributed by atoms with Gasteiger partial charge in [0.1, 0.15) is 11.5 Å². The van der Waals surface area contributed by atoms with E-state index >= 15 is 0 Å². The Morgan fingerprint density at radius 1 is 1.13 bits per heavy atom. The summed E-state index contributed by atoms with van der Waals surface area (Å²) in [6.45, 7) is 1.89. The van der Waals surface area contributed by atoms with E-state index in [1.807, 2.05) is 43.3 Å². The van der Waals surface area contributed by atoms with Gasteiger partial charge in [-0.15, -0.1) is 0 Å². The number of aromatic amines is 2. The monoisotopic (exact) mass is 400 g/mol. The van der Waals surface area contributed by atoms with Gasteiger partial charge in [-0.1, -0.05) is 6.07 Å². The Morgan fingerprint density at radius 3 is 2.77 bits per heavy atom. The van der Waals surface area contributed by atoms with Gasteiger partial charge in [-0.05, 0) is 49.4 Å². The van der Waals surface area contributed by atoms with Crippen LogP contribution in [0.1, 0.15) is 17.4 Å². The van der Waals surface area contributed by atoms with E-state index in [1.54, 1.807) is 18.3 Å². The molecule has 2 aromatic carbocycles. The molecule has 0 fully saturated rings. The number of nitrogens with two attached hydrogens (primary N) is 1. The molecule has 6 N–H and O–H groups in total. The van der Waals surface area contributed by atoms with Gasteiger partial charge in [-0.3, -0.25) is 9.89 Å². The van der Waals surface area contributed by atoms with Crippen LogP contribution < -0.4 is 16.4 Å². The van der Waals surface area contributed by atoms with E-state index in [0.717, 1.165) is 28.0 Å². The minimum absolute atomic E-state index is 0.261. The first-order valence-electron chi connectivity index (χ1n) is 9.19. The van der Waals surface area contributed by atoms with Crippen molar-refractivity contribution in [2.75, 3.05) is 10.6 Å². The number of carbonyl (C=O) groups is 1. The average molecular weight is 400 g/mol. The lowest BCUT2D eigenvalue weighted by Gasteiger charge is -2.09. The van der Waals surface area contributed by atoms with Crippen LogP contribution in [0.4, 0.5) is 17.1 Å². The molecule has 0 bridgehead atoms. The number of amidine groups is 1. The minimum atomic E-state index is -0.261. The van der Waals surface area contributed by atoms with Crippen molar-refractivity contribution in [2.45, 2.75) is 6.92 Å². The van der Waals surface area contributed by atoms with Gasteiger partial charge in [0, 0.05) is 22.5 Å². The fourth-order valence-corrected chi connectivity index (χ4v) is 2.92. The van der Waals surface area contributed by atoms with Crippen LogP contribution in [0.15, 0.2) is 78.0 Å². The van der Waals surface area contributed by atoms with E-state index in [-0.39, 0.29) is 5.91 Å². The summed E-state index contributed by atoms with van der Waals surface area (Å²) in [5, 5.41) is 13.9. The number of aliphatic imine (C=N–C) groups is 1. The van der Waals surface area contributed by atoms with Crippen molar-refractivity contribution < 1.29 is 4.79 Å². The lowest BCUT2D eigenvalue weighted by molar-refractivity contribution is 0.102. The van der Waals surface area contributed by atoms with Crippen molar-refractivity contribution in [2.24, 2.45) is 10.7 Å². The predicted molar refractivity (Wildman–Crippen MR) is 118 cm³/mol. The highest BCUT2D eigenvalue weighted by Gasteiger charge is 2.07. The second-order valence-electron chi connectivity index (χ2n) is 6.63. The largest absolute Gasteiger partial charge is 0.384 e. The molecule has 0 saturated heterocycles. The van der Waals surface area contributed by atoms with Crippen LogP contribution in [0.25, 0.3) is 10.9 Å². The molecule has 4 aromatic rings. The Balaban J connectivity index is 1.44. The van der Waals surface area contributed by atoms with Gasteiger partial charge in [-0.25, -0.2) is 9.98 Å². The second-order valence-corrected chi connectivity index (χ2v) is 6.63. The third kappa shape index (κ3) is 4.53. The number of rotatable bonds is 6. The Hall–Kier alpha value is -4.40. The molecule has 2 heterocycles. The molecule has 0 aliphatic rings. The van der Waals surface area contributed by atoms with Crippen LogP contribution in [-0.2, 0) is 0 Å². The van der Waals surface area contributed by atoms with Crippen molar-refractivity contribution in [1.82, 2.24) is 20.2 Å². The highest BCUT2D eigenvalue weighted by atomic mass is 16.1. The average Bonchev–Trinajstić information content (AvgIpc) is 3.39. The van der Waals surface area contributed by atoms with Crippen molar-refractivity contribution in [3.63, 3.8) is 0 Å². The summed E-state index contributed by atoms with van der Waals surface area (Å²) < 4.78 is 0. The van der Waals surface area contributed by atoms with Crippen LogP contribution in [0.2, 0.25) is 0 Å². The van der Waals surface area contributed by atoms with Gasteiger partial charge in [0.2, 0.25) is 0 Å². The van der Waals surface area contributed by atoms with Crippen LogP contribution in [-0.4, -0.2) is 31.9 Å². The third-order valence-electron chi connectivity index (χ3n) is 4.25. The fraction of sp³-hybridized carbons (Fsp3) is 0.0476. The number of hydrogen-bond acceptors (Lipinski definition) is 5. The summed E-state index contributed by atoms with van der Waals surface area (Å²) >= 11 is 0. The quantitative estimate of drug-likeness (QED) is 0.249. The molecule has 0 atom stereocenters. The number of nitrogens with one attached hydrogen (secondary N) is 4.